The lowest BCUT2D eigenvalue weighted by Crippen LogP contribution is -2.44. The summed E-state index contributed by atoms with van der Waals surface area (Å²) in [5.74, 6) is 0.383. The van der Waals surface area contributed by atoms with Crippen molar-refractivity contribution in [2.45, 2.75) is 32.1 Å². The fraction of sp³-hybridized carbons (Fsp3) is 0.471. The third-order valence-electron chi connectivity index (χ3n) is 4.49. The van der Waals surface area contributed by atoms with E-state index >= 15 is 0 Å². The molecule has 0 atom stereocenters. The number of carbonyl (C=O) groups excluding carboxylic acids is 1. The highest BCUT2D eigenvalue weighted by Gasteiger charge is 2.36. The first kappa shape index (κ1) is 15.9. The zero-order valence-corrected chi connectivity index (χ0v) is 14.5. The van der Waals surface area contributed by atoms with E-state index in [1.807, 2.05) is 11.1 Å². The number of methoxy groups -OCH3 is 1. The highest BCUT2D eigenvalue weighted by atomic mass is 32.1. The van der Waals surface area contributed by atoms with Gasteiger partial charge in [-0.3, -0.25) is 4.79 Å². The van der Waals surface area contributed by atoms with Gasteiger partial charge in [0.1, 0.15) is 5.56 Å². The van der Waals surface area contributed by atoms with Crippen LogP contribution in [0, 0.1) is 6.92 Å². The van der Waals surface area contributed by atoms with E-state index in [0.717, 1.165) is 25.9 Å². The minimum absolute atomic E-state index is 0.00711. The average molecular weight is 331 g/mol. The number of nitrogens with zero attached hydrogens (tertiary/aromatic N) is 3. The van der Waals surface area contributed by atoms with Gasteiger partial charge < -0.3 is 9.64 Å². The van der Waals surface area contributed by atoms with Crippen LogP contribution in [0.15, 0.2) is 24.5 Å². The number of hydrogen-bond acceptors (Lipinski definition) is 5. The number of aryl methyl sites for hydroxylation is 1. The smallest absolute Gasteiger partial charge is 0.259 e. The second-order valence-corrected chi connectivity index (χ2v) is 7.42. The second kappa shape index (κ2) is 6.28. The predicted molar refractivity (Wildman–Crippen MR) is 90.1 cm³/mol. The third-order valence-corrected chi connectivity index (χ3v) is 5.71. The maximum atomic E-state index is 12.7. The van der Waals surface area contributed by atoms with Crippen molar-refractivity contribution in [3.8, 4) is 5.88 Å². The summed E-state index contributed by atoms with van der Waals surface area (Å²) >= 11 is 1.76. The van der Waals surface area contributed by atoms with Crippen LogP contribution < -0.4 is 4.74 Å². The summed E-state index contributed by atoms with van der Waals surface area (Å²) in [5, 5.41) is 1.18. The number of piperidine rings is 1. The van der Waals surface area contributed by atoms with Crippen molar-refractivity contribution < 1.29 is 9.53 Å². The standard InChI is InChI=1S/C17H21N3O2S/c1-12-11-19-16(23-12)17(2)6-9-20(10-7-17)15(21)13-5-4-8-18-14(13)22-3/h4-5,8,11H,6-7,9-10H2,1-3H3. The molecule has 1 saturated heterocycles. The van der Waals surface area contributed by atoms with Crippen molar-refractivity contribution in [3.63, 3.8) is 0 Å². The van der Waals surface area contributed by atoms with Crippen LogP contribution in [0.2, 0.25) is 0 Å². The Morgan fingerprint density at radius 2 is 2.09 bits per heavy atom. The molecule has 0 radical (unpaired) electrons. The maximum Gasteiger partial charge on any atom is 0.259 e. The van der Waals surface area contributed by atoms with E-state index in [2.05, 4.69) is 23.8 Å². The Bertz CT molecular complexity index is 705. The summed E-state index contributed by atoms with van der Waals surface area (Å²) < 4.78 is 5.20. The van der Waals surface area contributed by atoms with Gasteiger partial charge in [0.25, 0.3) is 5.91 Å². The Hall–Kier alpha value is -1.95. The summed E-state index contributed by atoms with van der Waals surface area (Å²) in [6, 6.07) is 3.54. The summed E-state index contributed by atoms with van der Waals surface area (Å²) in [4.78, 5) is 24.5. The van der Waals surface area contributed by atoms with Crippen LogP contribution in [0.5, 0.6) is 5.88 Å². The minimum Gasteiger partial charge on any atom is -0.480 e. The van der Waals surface area contributed by atoms with Crippen LogP contribution in [-0.4, -0.2) is 41.0 Å². The van der Waals surface area contributed by atoms with Gasteiger partial charge in [-0.05, 0) is 31.9 Å². The highest BCUT2D eigenvalue weighted by molar-refractivity contribution is 7.11. The molecule has 1 aliphatic rings. The molecule has 122 valence electrons. The number of thiazole rings is 1. The Morgan fingerprint density at radius 3 is 2.70 bits per heavy atom. The summed E-state index contributed by atoms with van der Waals surface area (Å²) in [5.41, 5.74) is 0.595. The molecule has 0 aliphatic carbocycles. The molecule has 0 aromatic carbocycles. The molecular formula is C17H21N3O2S. The molecule has 0 bridgehead atoms. The molecule has 0 saturated carbocycles. The van der Waals surface area contributed by atoms with Crippen molar-refractivity contribution >= 4 is 17.2 Å². The molecule has 1 amide bonds. The summed E-state index contributed by atoms with van der Waals surface area (Å²) in [7, 11) is 1.54. The second-order valence-electron chi connectivity index (χ2n) is 6.19. The molecule has 0 spiro atoms. The van der Waals surface area contributed by atoms with E-state index in [4.69, 9.17) is 4.74 Å². The average Bonchev–Trinajstić information content (AvgIpc) is 3.02. The van der Waals surface area contributed by atoms with Gasteiger partial charge in [-0.25, -0.2) is 9.97 Å². The van der Waals surface area contributed by atoms with Gasteiger partial charge in [-0.2, -0.15) is 0 Å². The largest absolute Gasteiger partial charge is 0.480 e. The molecule has 5 nitrogen and oxygen atoms in total. The fourth-order valence-corrected chi connectivity index (χ4v) is 3.90. The van der Waals surface area contributed by atoms with Crippen LogP contribution in [0.4, 0.5) is 0 Å². The molecule has 0 unspecified atom stereocenters. The van der Waals surface area contributed by atoms with Gasteiger partial charge in [-0.1, -0.05) is 6.92 Å². The van der Waals surface area contributed by atoms with Gasteiger partial charge in [-0.15, -0.1) is 11.3 Å². The van der Waals surface area contributed by atoms with Gasteiger partial charge in [0.05, 0.1) is 12.1 Å². The van der Waals surface area contributed by atoms with E-state index < -0.39 is 0 Å². The first-order valence-electron chi connectivity index (χ1n) is 7.75. The molecule has 0 N–H and O–H groups in total. The van der Waals surface area contributed by atoms with Crippen molar-refractivity contribution in [2.75, 3.05) is 20.2 Å². The lowest BCUT2D eigenvalue weighted by atomic mass is 9.81. The Morgan fingerprint density at radius 1 is 1.35 bits per heavy atom. The number of carbonyl (C=O) groups is 1. The molecule has 3 rings (SSSR count). The number of pyridine rings is 1. The number of hydrogen-bond donors (Lipinski definition) is 0. The molecule has 3 heterocycles. The maximum absolute atomic E-state index is 12.7. The van der Waals surface area contributed by atoms with Crippen LogP contribution in [0.3, 0.4) is 0 Å². The molecule has 1 fully saturated rings. The topological polar surface area (TPSA) is 55.3 Å². The van der Waals surface area contributed by atoms with Crippen molar-refractivity contribution in [1.82, 2.24) is 14.9 Å². The quantitative estimate of drug-likeness (QED) is 0.867. The Labute approximate surface area is 140 Å². The number of likely N-dealkylation sites (tertiary alicyclic amines) is 1. The lowest BCUT2D eigenvalue weighted by molar-refractivity contribution is 0.0671. The van der Waals surface area contributed by atoms with Gasteiger partial charge in [0, 0.05) is 35.8 Å². The zero-order chi connectivity index (χ0) is 16.4. The molecule has 2 aromatic rings. The first-order chi connectivity index (χ1) is 11.0. The molecule has 23 heavy (non-hydrogen) atoms. The Balaban J connectivity index is 1.72. The minimum atomic E-state index is -0.00711. The number of ether oxygens (including phenoxy) is 1. The van der Waals surface area contributed by atoms with E-state index in [1.165, 1.54) is 17.0 Å². The van der Waals surface area contributed by atoms with Crippen molar-refractivity contribution in [3.05, 3.63) is 40.0 Å². The van der Waals surface area contributed by atoms with Gasteiger partial charge in [0.2, 0.25) is 5.88 Å². The molecule has 2 aromatic heterocycles. The van der Waals surface area contributed by atoms with Crippen molar-refractivity contribution in [1.29, 1.82) is 0 Å². The van der Waals surface area contributed by atoms with Crippen LogP contribution in [0.25, 0.3) is 0 Å². The van der Waals surface area contributed by atoms with E-state index in [0.29, 0.717) is 11.4 Å². The summed E-state index contributed by atoms with van der Waals surface area (Å²) in [6.07, 6.45) is 5.42. The molecular weight excluding hydrogens is 310 g/mol. The monoisotopic (exact) mass is 331 g/mol. The molecule has 6 heteroatoms. The zero-order valence-electron chi connectivity index (χ0n) is 13.7. The van der Waals surface area contributed by atoms with Crippen LogP contribution >= 0.6 is 11.3 Å². The fourth-order valence-electron chi connectivity index (χ4n) is 2.94. The van der Waals surface area contributed by atoms with Crippen LogP contribution in [0.1, 0.15) is 40.0 Å². The van der Waals surface area contributed by atoms with E-state index in [9.17, 15) is 4.79 Å². The van der Waals surface area contributed by atoms with Gasteiger partial charge >= 0.3 is 0 Å². The lowest BCUT2D eigenvalue weighted by Gasteiger charge is -2.38. The van der Waals surface area contributed by atoms with Crippen molar-refractivity contribution in [2.24, 2.45) is 0 Å². The predicted octanol–water partition coefficient (Wildman–Crippen LogP) is 3.05. The summed E-state index contributed by atoms with van der Waals surface area (Å²) in [6.45, 7) is 5.79. The number of aromatic nitrogens is 2. The number of amides is 1. The normalized spacial score (nSPS) is 17.1. The highest BCUT2D eigenvalue weighted by Crippen LogP contribution is 2.37. The third kappa shape index (κ3) is 3.08. The van der Waals surface area contributed by atoms with E-state index in [1.54, 1.807) is 29.7 Å². The van der Waals surface area contributed by atoms with E-state index in [-0.39, 0.29) is 11.3 Å². The first-order valence-corrected chi connectivity index (χ1v) is 8.56. The Kier molecular flexibility index (Phi) is 4.35. The van der Waals surface area contributed by atoms with Gasteiger partial charge in [0.15, 0.2) is 0 Å². The SMILES string of the molecule is COc1ncccc1C(=O)N1CCC(C)(c2ncc(C)s2)CC1. The van der Waals surface area contributed by atoms with Crippen LogP contribution in [-0.2, 0) is 5.41 Å². The molecule has 1 aliphatic heterocycles. The number of rotatable bonds is 3.